The summed E-state index contributed by atoms with van der Waals surface area (Å²) in [5, 5.41) is 3.03. The van der Waals surface area contributed by atoms with Crippen molar-refractivity contribution >= 4 is 16.9 Å². The summed E-state index contributed by atoms with van der Waals surface area (Å²) in [5.74, 6) is -0.0367. The molecule has 1 saturated heterocycles. The fourth-order valence-corrected chi connectivity index (χ4v) is 3.46. The number of carbonyl (C=O) groups excluding carboxylic acids is 1. The first-order valence-corrected chi connectivity index (χ1v) is 9.16. The molecule has 2 aromatic rings. The Bertz CT molecular complexity index is 968. The summed E-state index contributed by atoms with van der Waals surface area (Å²) in [6.45, 7) is 3.30. The standard InChI is InChI=1S/C18H22N4O4/c1-2-22-15-14(17(24)21-18(22)25)12(8-13(20-15)10-5-6-10)16(23)19-9-11-4-3-7-26-11/h8,10-11H,2-7,9H2,1H3,(H,19,23)(H,21,24,25). The molecule has 2 aliphatic rings. The van der Waals surface area contributed by atoms with E-state index in [4.69, 9.17) is 4.74 Å². The minimum absolute atomic E-state index is 0.0158. The number of rotatable bonds is 5. The molecule has 1 saturated carbocycles. The third-order valence-corrected chi connectivity index (χ3v) is 5.04. The first-order chi connectivity index (χ1) is 12.6. The van der Waals surface area contributed by atoms with Crippen molar-refractivity contribution in [2.24, 2.45) is 0 Å². The van der Waals surface area contributed by atoms with Crippen molar-refractivity contribution in [1.29, 1.82) is 0 Å². The van der Waals surface area contributed by atoms with Crippen LogP contribution in [0, 0.1) is 0 Å². The number of amides is 1. The molecule has 0 aromatic carbocycles. The third-order valence-electron chi connectivity index (χ3n) is 5.04. The van der Waals surface area contributed by atoms with Crippen molar-refractivity contribution in [3.63, 3.8) is 0 Å². The molecule has 1 amide bonds. The van der Waals surface area contributed by atoms with Crippen LogP contribution in [0.2, 0.25) is 0 Å². The van der Waals surface area contributed by atoms with Crippen LogP contribution in [0.5, 0.6) is 0 Å². The average Bonchev–Trinajstić information content (AvgIpc) is 3.35. The van der Waals surface area contributed by atoms with Crippen LogP contribution in [0.3, 0.4) is 0 Å². The van der Waals surface area contributed by atoms with Crippen molar-refractivity contribution < 1.29 is 9.53 Å². The molecular weight excluding hydrogens is 336 g/mol. The highest BCUT2D eigenvalue weighted by Crippen LogP contribution is 2.39. The van der Waals surface area contributed by atoms with Gasteiger partial charge in [0.05, 0.1) is 17.1 Å². The Morgan fingerprint density at radius 2 is 2.19 bits per heavy atom. The molecule has 2 aromatic heterocycles. The van der Waals surface area contributed by atoms with Crippen LogP contribution in [-0.2, 0) is 11.3 Å². The van der Waals surface area contributed by atoms with Gasteiger partial charge in [0.1, 0.15) is 0 Å². The minimum atomic E-state index is -0.577. The summed E-state index contributed by atoms with van der Waals surface area (Å²) >= 11 is 0. The van der Waals surface area contributed by atoms with Crippen LogP contribution in [0.4, 0.5) is 0 Å². The first-order valence-electron chi connectivity index (χ1n) is 9.16. The SMILES string of the molecule is CCn1c(=O)[nH]c(=O)c2c(C(=O)NCC3CCCO3)cc(C3CC3)nc21. The number of aromatic amines is 1. The lowest BCUT2D eigenvalue weighted by Crippen LogP contribution is -2.35. The van der Waals surface area contributed by atoms with E-state index in [0.29, 0.717) is 25.6 Å². The molecule has 8 nitrogen and oxygen atoms in total. The van der Waals surface area contributed by atoms with Crippen LogP contribution in [0.15, 0.2) is 15.7 Å². The molecule has 3 heterocycles. The zero-order valence-corrected chi connectivity index (χ0v) is 14.7. The van der Waals surface area contributed by atoms with Gasteiger partial charge in [-0.25, -0.2) is 9.78 Å². The predicted octanol–water partition coefficient (Wildman–Crippen LogP) is 0.891. The largest absolute Gasteiger partial charge is 0.376 e. The van der Waals surface area contributed by atoms with Crippen LogP contribution in [-0.4, -0.2) is 39.7 Å². The molecule has 8 heteroatoms. The zero-order valence-electron chi connectivity index (χ0n) is 14.7. The summed E-state index contributed by atoms with van der Waals surface area (Å²) in [4.78, 5) is 44.2. The molecule has 1 aliphatic carbocycles. The van der Waals surface area contributed by atoms with E-state index < -0.39 is 11.2 Å². The molecule has 0 radical (unpaired) electrons. The predicted molar refractivity (Wildman–Crippen MR) is 95.6 cm³/mol. The maximum atomic E-state index is 12.8. The van der Waals surface area contributed by atoms with Crippen LogP contribution in [0.25, 0.3) is 11.0 Å². The van der Waals surface area contributed by atoms with Gasteiger partial charge in [0.25, 0.3) is 11.5 Å². The van der Waals surface area contributed by atoms with E-state index in [0.717, 1.165) is 31.4 Å². The normalized spacial score (nSPS) is 19.8. The van der Waals surface area contributed by atoms with E-state index in [1.54, 1.807) is 6.07 Å². The molecule has 1 unspecified atom stereocenters. The molecular formula is C18H22N4O4. The Morgan fingerprint density at radius 1 is 1.38 bits per heavy atom. The minimum Gasteiger partial charge on any atom is -0.376 e. The molecule has 2 N–H and O–H groups in total. The lowest BCUT2D eigenvalue weighted by molar-refractivity contribution is 0.0859. The highest BCUT2D eigenvalue weighted by Gasteiger charge is 2.29. The number of hydrogen-bond acceptors (Lipinski definition) is 5. The van der Waals surface area contributed by atoms with Crippen molar-refractivity contribution in [2.45, 2.75) is 51.2 Å². The fraction of sp³-hybridized carbons (Fsp3) is 0.556. The van der Waals surface area contributed by atoms with E-state index in [2.05, 4.69) is 15.3 Å². The fourth-order valence-electron chi connectivity index (χ4n) is 3.46. The summed E-state index contributed by atoms with van der Waals surface area (Å²) in [6, 6.07) is 1.70. The summed E-state index contributed by atoms with van der Waals surface area (Å²) < 4.78 is 6.94. The van der Waals surface area contributed by atoms with E-state index >= 15 is 0 Å². The van der Waals surface area contributed by atoms with Crippen molar-refractivity contribution in [3.8, 4) is 0 Å². The Kier molecular flexibility index (Phi) is 4.36. The van der Waals surface area contributed by atoms with Gasteiger partial charge in [-0.3, -0.25) is 19.1 Å². The third kappa shape index (κ3) is 3.05. The van der Waals surface area contributed by atoms with Gasteiger partial charge in [-0.15, -0.1) is 0 Å². The van der Waals surface area contributed by atoms with Gasteiger partial charge in [-0.1, -0.05) is 0 Å². The van der Waals surface area contributed by atoms with Crippen molar-refractivity contribution in [3.05, 3.63) is 38.2 Å². The summed E-state index contributed by atoms with van der Waals surface area (Å²) in [5.41, 5.74) is 0.251. The van der Waals surface area contributed by atoms with Gasteiger partial charge in [-0.2, -0.15) is 0 Å². The van der Waals surface area contributed by atoms with Gasteiger partial charge >= 0.3 is 5.69 Å². The van der Waals surface area contributed by atoms with Crippen LogP contribution < -0.4 is 16.6 Å². The molecule has 1 atom stereocenters. The number of nitrogens with zero attached hydrogens (tertiary/aromatic N) is 2. The lowest BCUT2D eigenvalue weighted by atomic mass is 10.1. The zero-order chi connectivity index (χ0) is 18.3. The number of nitrogens with one attached hydrogen (secondary N) is 2. The number of carbonyl (C=O) groups is 1. The molecule has 0 bridgehead atoms. The number of hydrogen-bond donors (Lipinski definition) is 2. The highest BCUT2D eigenvalue weighted by molar-refractivity contribution is 6.05. The Morgan fingerprint density at radius 3 is 2.85 bits per heavy atom. The topological polar surface area (TPSA) is 106 Å². The molecule has 1 aliphatic heterocycles. The van der Waals surface area contributed by atoms with E-state index in [9.17, 15) is 14.4 Å². The summed E-state index contributed by atoms with van der Waals surface area (Å²) in [6.07, 6.45) is 3.94. The number of H-pyrrole nitrogens is 1. The monoisotopic (exact) mass is 358 g/mol. The molecule has 4 rings (SSSR count). The van der Waals surface area contributed by atoms with Crippen molar-refractivity contribution in [2.75, 3.05) is 13.2 Å². The van der Waals surface area contributed by atoms with Gasteiger partial charge in [0.15, 0.2) is 5.65 Å². The van der Waals surface area contributed by atoms with E-state index in [1.807, 2.05) is 6.92 Å². The molecule has 26 heavy (non-hydrogen) atoms. The quantitative estimate of drug-likeness (QED) is 0.826. The van der Waals surface area contributed by atoms with Gasteiger partial charge in [-0.05, 0) is 38.7 Å². The second-order valence-corrected chi connectivity index (χ2v) is 6.92. The number of pyridine rings is 1. The number of aromatic nitrogens is 3. The van der Waals surface area contributed by atoms with Crippen molar-refractivity contribution in [1.82, 2.24) is 19.9 Å². The summed E-state index contributed by atoms with van der Waals surface area (Å²) in [7, 11) is 0. The maximum absolute atomic E-state index is 12.8. The van der Waals surface area contributed by atoms with Crippen LogP contribution in [0.1, 0.15) is 54.6 Å². The smallest absolute Gasteiger partial charge is 0.329 e. The Balaban J connectivity index is 1.80. The highest BCUT2D eigenvalue weighted by atomic mass is 16.5. The molecule has 2 fully saturated rings. The number of fused-ring (bicyclic) bond motifs is 1. The first kappa shape index (κ1) is 17.0. The van der Waals surface area contributed by atoms with Gasteiger partial charge in [0, 0.05) is 31.3 Å². The van der Waals surface area contributed by atoms with Crippen LogP contribution >= 0.6 is 0 Å². The van der Waals surface area contributed by atoms with Gasteiger partial charge < -0.3 is 10.1 Å². The number of aryl methyl sites for hydroxylation is 1. The Hall–Kier alpha value is -2.48. The van der Waals surface area contributed by atoms with Gasteiger partial charge in [0.2, 0.25) is 0 Å². The lowest BCUT2D eigenvalue weighted by Gasteiger charge is -2.14. The molecule has 138 valence electrons. The Labute approximate surface area is 149 Å². The van der Waals surface area contributed by atoms with E-state index in [-0.39, 0.29) is 28.6 Å². The molecule has 0 spiro atoms. The maximum Gasteiger partial charge on any atom is 0.329 e. The second kappa shape index (κ2) is 6.68. The van der Waals surface area contributed by atoms with E-state index in [1.165, 1.54) is 4.57 Å². The second-order valence-electron chi connectivity index (χ2n) is 6.92. The number of ether oxygens (including phenoxy) is 1. The average molecular weight is 358 g/mol.